The smallest absolute Gasteiger partial charge is 0.353 e. The van der Waals surface area contributed by atoms with Gasteiger partial charge < -0.3 is 4.90 Å². The lowest BCUT2D eigenvalue weighted by atomic mass is 10.1. The van der Waals surface area contributed by atoms with Gasteiger partial charge in [-0.15, -0.1) is 0 Å². The molecule has 0 aliphatic carbocycles. The molecule has 3 heterocycles. The van der Waals surface area contributed by atoms with E-state index in [0.717, 1.165) is 24.6 Å². The van der Waals surface area contributed by atoms with E-state index in [4.69, 9.17) is 0 Å². The van der Waals surface area contributed by atoms with Crippen LogP contribution < -0.4 is 5.43 Å². The zero-order chi connectivity index (χ0) is 19.7. The first kappa shape index (κ1) is 18.7. The van der Waals surface area contributed by atoms with Crippen molar-refractivity contribution in [1.82, 2.24) is 20.2 Å². The van der Waals surface area contributed by atoms with Crippen molar-refractivity contribution < 1.29 is 17.6 Å². The second kappa shape index (κ2) is 7.42. The molecule has 1 aromatic rings. The topological polar surface area (TPSA) is 46.5 Å². The Morgan fingerprint density at radius 3 is 2.46 bits per heavy atom. The average molecular weight is 396 g/mol. The number of amidine groups is 2. The molecule has 1 N–H and O–H groups in total. The van der Waals surface area contributed by atoms with Gasteiger partial charge in [0.25, 0.3) is 0 Å². The number of fused-ring (bicyclic) bond motifs is 1. The van der Waals surface area contributed by atoms with Crippen LogP contribution in [0, 0.1) is 5.82 Å². The van der Waals surface area contributed by atoms with Crippen molar-refractivity contribution in [3.05, 3.63) is 47.8 Å². The van der Waals surface area contributed by atoms with Crippen LogP contribution in [0.1, 0.15) is 5.56 Å². The summed E-state index contributed by atoms with van der Waals surface area (Å²) < 4.78 is 53.0. The van der Waals surface area contributed by atoms with Crippen molar-refractivity contribution in [2.24, 2.45) is 10.2 Å². The quantitative estimate of drug-likeness (QED) is 0.794. The summed E-state index contributed by atoms with van der Waals surface area (Å²) in [4.78, 5) is 4.18. The van der Waals surface area contributed by atoms with E-state index in [1.165, 1.54) is 12.1 Å². The number of rotatable bonds is 3. The molecule has 3 aliphatic heterocycles. The van der Waals surface area contributed by atoms with E-state index in [9.17, 15) is 17.6 Å². The van der Waals surface area contributed by atoms with Crippen molar-refractivity contribution in [1.29, 1.82) is 0 Å². The summed E-state index contributed by atoms with van der Waals surface area (Å²) in [5.41, 5.74) is 2.77. The Kier molecular flexibility index (Phi) is 4.96. The van der Waals surface area contributed by atoms with Crippen molar-refractivity contribution >= 4 is 11.7 Å². The highest BCUT2D eigenvalue weighted by molar-refractivity contribution is 6.05. The Bertz CT molecular complexity index is 811. The summed E-state index contributed by atoms with van der Waals surface area (Å²) in [5.74, 6) is 0.444. The molecular formula is C18H20F4N6. The summed E-state index contributed by atoms with van der Waals surface area (Å²) in [7, 11) is 0. The second-order valence-electron chi connectivity index (χ2n) is 6.85. The highest BCUT2D eigenvalue weighted by atomic mass is 19.4. The van der Waals surface area contributed by atoms with Gasteiger partial charge in [-0.05, 0) is 30.2 Å². The minimum Gasteiger partial charge on any atom is -0.353 e. The predicted molar refractivity (Wildman–Crippen MR) is 96.9 cm³/mol. The van der Waals surface area contributed by atoms with Gasteiger partial charge in [0.15, 0.2) is 5.84 Å². The Labute approximate surface area is 159 Å². The van der Waals surface area contributed by atoms with Gasteiger partial charge in [0, 0.05) is 32.7 Å². The minimum atomic E-state index is -4.48. The third kappa shape index (κ3) is 3.82. The highest BCUT2D eigenvalue weighted by Gasteiger charge is 2.49. The number of nitrogens with zero attached hydrogens (tertiary/aromatic N) is 5. The maximum Gasteiger partial charge on any atom is 0.430 e. The minimum absolute atomic E-state index is 0.148. The van der Waals surface area contributed by atoms with E-state index >= 15 is 0 Å². The molecular weight excluding hydrogens is 376 g/mol. The van der Waals surface area contributed by atoms with Crippen LogP contribution >= 0.6 is 0 Å². The zero-order valence-corrected chi connectivity index (χ0v) is 15.0. The number of nitrogens with one attached hydrogen (secondary N) is 1. The molecule has 0 spiro atoms. The lowest BCUT2D eigenvalue weighted by molar-refractivity contribution is -0.178. The first-order chi connectivity index (χ1) is 13.4. The molecule has 1 aromatic carbocycles. The summed E-state index contributed by atoms with van der Waals surface area (Å²) in [6.45, 7) is 3.50. The number of benzene rings is 1. The summed E-state index contributed by atoms with van der Waals surface area (Å²) >= 11 is 0. The van der Waals surface area contributed by atoms with E-state index in [0.29, 0.717) is 30.9 Å². The Balaban J connectivity index is 1.33. The third-order valence-corrected chi connectivity index (χ3v) is 5.03. The van der Waals surface area contributed by atoms with E-state index < -0.39 is 12.3 Å². The Morgan fingerprint density at radius 2 is 1.75 bits per heavy atom. The molecule has 150 valence electrons. The van der Waals surface area contributed by atoms with Crippen molar-refractivity contribution in [2.45, 2.75) is 18.8 Å². The number of alkyl halides is 3. The molecule has 0 aromatic heterocycles. The molecule has 6 nitrogen and oxygen atoms in total. The molecule has 1 saturated heterocycles. The van der Waals surface area contributed by atoms with Gasteiger partial charge in [-0.3, -0.25) is 10.3 Å². The first-order valence-electron chi connectivity index (χ1n) is 9.08. The molecule has 0 amide bonds. The van der Waals surface area contributed by atoms with Crippen LogP contribution in [0.25, 0.3) is 0 Å². The van der Waals surface area contributed by atoms with Gasteiger partial charge in [-0.1, -0.05) is 18.2 Å². The van der Waals surface area contributed by atoms with Crippen molar-refractivity contribution in [2.75, 3.05) is 32.7 Å². The number of hydrazone groups is 2. The maximum absolute atomic E-state index is 13.7. The van der Waals surface area contributed by atoms with Crippen LogP contribution in [-0.4, -0.2) is 71.5 Å². The van der Waals surface area contributed by atoms with Gasteiger partial charge in [0.2, 0.25) is 6.17 Å². The summed E-state index contributed by atoms with van der Waals surface area (Å²) in [6, 6.07) is 6.74. The average Bonchev–Trinajstić information content (AvgIpc) is 3.11. The lowest BCUT2D eigenvalue weighted by Crippen LogP contribution is -2.52. The van der Waals surface area contributed by atoms with Crippen molar-refractivity contribution in [3.63, 3.8) is 0 Å². The molecule has 1 fully saturated rings. The summed E-state index contributed by atoms with van der Waals surface area (Å²) in [5, 5.41) is 8.71. The van der Waals surface area contributed by atoms with Gasteiger partial charge in [-0.2, -0.15) is 23.4 Å². The zero-order valence-electron chi connectivity index (χ0n) is 15.0. The number of hydrogen-bond acceptors (Lipinski definition) is 6. The molecule has 10 heteroatoms. The van der Waals surface area contributed by atoms with Crippen LogP contribution in [-0.2, 0) is 6.42 Å². The van der Waals surface area contributed by atoms with Gasteiger partial charge in [-0.25, -0.2) is 9.40 Å². The Hall–Kier alpha value is -2.62. The first-order valence-corrected chi connectivity index (χ1v) is 9.08. The van der Waals surface area contributed by atoms with E-state index in [1.54, 1.807) is 18.2 Å². The number of hydrogen-bond donors (Lipinski definition) is 1. The summed E-state index contributed by atoms with van der Waals surface area (Å²) in [6.07, 6.45) is -2.57. The van der Waals surface area contributed by atoms with Crippen LogP contribution in [0.2, 0.25) is 0 Å². The van der Waals surface area contributed by atoms with Crippen molar-refractivity contribution in [3.8, 4) is 0 Å². The van der Waals surface area contributed by atoms with Gasteiger partial charge in [0.1, 0.15) is 11.7 Å². The molecule has 28 heavy (non-hydrogen) atoms. The molecule has 1 atom stereocenters. The number of halogens is 4. The van der Waals surface area contributed by atoms with Crippen LogP contribution in [0.15, 0.2) is 46.6 Å². The van der Waals surface area contributed by atoms with Gasteiger partial charge >= 0.3 is 6.18 Å². The molecule has 1 unspecified atom stereocenters. The van der Waals surface area contributed by atoms with E-state index in [1.807, 2.05) is 11.0 Å². The molecule has 3 aliphatic rings. The van der Waals surface area contributed by atoms with Crippen LogP contribution in [0.4, 0.5) is 17.6 Å². The maximum atomic E-state index is 13.7. The molecule has 0 bridgehead atoms. The third-order valence-electron chi connectivity index (χ3n) is 5.03. The molecule has 4 rings (SSSR count). The van der Waals surface area contributed by atoms with Crippen LogP contribution in [0.5, 0.6) is 0 Å². The Morgan fingerprint density at radius 1 is 1.04 bits per heavy atom. The standard InChI is InChI=1S/C18H20F4N6/c19-14-4-2-1-3-13(14)7-8-26-9-11-27(12-10-26)16-6-5-15-23-24-17(18(20,21)22)28(15)25-16/h1-6,17,24H,7-12H2. The lowest BCUT2D eigenvalue weighted by Gasteiger charge is -2.37. The largest absolute Gasteiger partial charge is 0.430 e. The fourth-order valence-electron chi connectivity index (χ4n) is 3.44. The van der Waals surface area contributed by atoms with E-state index in [2.05, 4.69) is 20.5 Å². The highest BCUT2D eigenvalue weighted by Crippen LogP contribution is 2.28. The predicted octanol–water partition coefficient (Wildman–Crippen LogP) is 1.98. The van der Waals surface area contributed by atoms with Crippen LogP contribution in [0.3, 0.4) is 0 Å². The second-order valence-corrected chi connectivity index (χ2v) is 6.85. The SMILES string of the molecule is Fc1ccccc1CCN1CCN(C2=NN3C(=NNC3C(F)(F)F)C=C2)CC1. The fraction of sp³-hybridized carbons (Fsp3) is 0.444. The fourth-order valence-corrected chi connectivity index (χ4v) is 3.44. The van der Waals surface area contributed by atoms with E-state index in [-0.39, 0.29) is 11.7 Å². The van der Waals surface area contributed by atoms with Gasteiger partial charge in [0.05, 0.1) is 0 Å². The molecule has 0 saturated carbocycles. The monoisotopic (exact) mass is 396 g/mol. The molecule has 0 radical (unpaired) electrons. The number of piperazine rings is 1. The normalized spacial score (nSPS) is 22.6.